The van der Waals surface area contributed by atoms with E-state index in [4.69, 9.17) is 0 Å². The molecule has 0 nitrogen and oxygen atoms in total. The van der Waals surface area contributed by atoms with Gasteiger partial charge in [-0.3, -0.25) is 0 Å². The van der Waals surface area contributed by atoms with Crippen molar-refractivity contribution in [3.05, 3.63) is 11.9 Å². The molecule has 0 spiro atoms. The summed E-state index contributed by atoms with van der Waals surface area (Å²) in [4.78, 5) is 0. The van der Waals surface area contributed by atoms with Crippen LogP contribution in [0.1, 0.15) is 7.43 Å². The van der Waals surface area contributed by atoms with Crippen molar-refractivity contribution in [1.29, 1.82) is 0 Å². The molecule has 0 aliphatic heterocycles. The first-order valence-corrected chi connectivity index (χ1v) is 1.63. The molecule has 0 bridgehead atoms. The first-order valence-electron chi connectivity index (χ1n) is 1.63. The van der Waals surface area contributed by atoms with E-state index in [0.717, 1.165) is 0 Å². The molecule has 0 fully saturated rings. The minimum atomic E-state index is -5.56. The Morgan fingerprint density at radius 2 is 1.20 bits per heavy atom. The minimum Gasteiger partial charge on any atom is -0.196 e. The number of halogens is 6. The molecule has 10 heavy (non-hydrogen) atoms. The van der Waals surface area contributed by atoms with E-state index in [-0.39, 0.29) is 7.43 Å². The molecule has 0 unspecified atom stereocenters. The van der Waals surface area contributed by atoms with Gasteiger partial charge in [-0.2, -0.15) is 26.3 Å². The molecule has 0 atom stereocenters. The predicted octanol–water partition coefficient (Wildman–Crippen LogP) is 3.26. The van der Waals surface area contributed by atoms with Gasteiger partial charge in [0, 0.05) is 0 Å². The van der Waals surface area contributed by atoms with Gasteiger partial charge in [-0.1, -0.05) is 7.43 Å². The molecular formula is C4H4F6. The van der Waals surface area contributed by atoms with Crippen LogP contribution in [0.2, 0.25) is 0 Å². The van der Waals surface area contributed by atoms with Gasteiger partial charge in [0.25, 0.3) is 5.83 Å². The van der Waals surface area contributed by atoms with Crippen LogP contribution in [0.15, 0.2) is 11.9 Å². The number of alkyl halides is 3. The Hall–Kier alpha value is -0.680. The highest BCUT2D eigenvalue weighted by molar-refractivity contribution is 4.98. The van der Waals surface area contributed by atoms with Crippen LogP contribution < -0.4 is 0 Å². The van der Waals surface area contributed by atoms with E-state index < -0.39 is 18.1 Å². The van der Waals surface area contributed by atoms with Crippen LogP contribution in [-0.4, -0.2) is 6.18 Å². The molecule has 62 valence electrons. The maximum absolute atomic E-state index is 11.0. The van der Waals surface area contributed by atoms with E-state index in [1.807, 2.05) is 0 Å². The second kappa shape index (κ2) is 3.48. The third kappa shape index (κ3) is 3.37. The number of allylic oxidation sites excluding steroid dienone is 1. The molecular weight excluding hydrogens is 162 g/mol. The Morgan fingerprint density at radius 1 is 0.900 bits per heavy atom. The Balaban J connectivity index is 0. The molecule has 0 aliphatic rings. The zero-order valence-corrected chi connectivity index (χ0v) is 3.77. The Kier molecular flexibility index (Phi) is 4.19. The van der Waals surface area contributed by atoms with Gasteiger partial charge in [0.05, 0.1) is 0 Å². The Labute approximate surface area is 53.1 Å². The fourth-order valence-electron chi connectivity index (χ4n) is 0.107. The van der Waals surface area contributed by atoms with E-state index in [0.29, 0.717) is 0 Å². The lowest BCUT2D eigenvalue weighted by Gasteiger charge is -1.98. The number of rotatable bonds is 0. The molecule has 0 aliphatic carbocycles. The summed E-state index contributed by atoms with van der Waals surface area (Å²) in [6.07, 6.45) is -8.90. The van der Waals surface area contributed by atoms with Crippen molar-refractivity contribution in [2.75, 3.05) is 0 Å². The van der Waals surface area contributed by atoms with Crippen LogP contribution >= 0.6 is 0 Å². The summed E-state index contributed by atoms with van der Waals surface area (Å²) in [5, 5.41) is 0. The lowest BCUT2D eigenvalue weighted by Crippen LogP contribution is -2.08. The third-order valence-corrected chi connectivity index (χ3v) is 0.415. The summed E-state index contributed by atoms with van der Waals surface area (Å²) in [5.74, 6) is -3.33. The van der Waals surface area contributed by atoms with Gasteiger partial charge in [0.15, 0.2) is 0 Å². The highest BCUT2D eigenvalue weighted by Gasteiger charge is 2.38. The van der Waals surface area contributed by atoms with Crippen molar-refractivity contribution in [1.82, 2.24) is 0 Å². The summed E-state index contributed by atoms with van der Waals surface area (Å²) >= 11 is 0. The quantitative estimate of drug-likeness (QED) is 0.484. The molecule has 0 radical (unpaired) electrons. The summed E-state index contributed by atoms with van der Waals surface area (Å²) in [6.45, 7) is 0. The van der Waals surface area contributed by atoms with Crippen molar-refractivity contribution in [2.45, 2.75) is 13.6 Å². The zero-order valence-electron chi connectivity index (χ0n) is 3.77. The topological polar surface area (TPSA) is 0 Å². The molecule has 0 amide bonds. The highest BCUT2D eigenvalue weighted by Crippen LogP contribution is 2.29. The fourth-order valence-corrected chi connectivity index (χ4v) is 0.107. The summed E-state index contributed by atoms with van der Waals surface area (Å²) in [6, 6.07) is 0. The monoisotopic (exact) mass is 166 g/mol. The van der Waals surface area contributed by atoms with Gasteiger partial charge in [0.1, 0.15) is 0 Å². The Bertz CT molecular complexity index is 127. The first-order chi connectivity index (χ1) is 3.85. The molecule has 0 aromatic rings. The van der Waals surface area contributed by atoms with Crippen LogP contribution in [0.25, 0.3) is 0 Å². The Morgan fingerprint density at radius 3 is 1.20 bits per heavy atom. The van der Waals surface area contributed by atoms with Gasteiger partial charge in [-0.15, -0.1) is 0 Å². The van der Waals surface area contributed by atoms with E-state index in [9.17, 15) is 26.3 Å². The molecule has 0 N–H and O–H groups in total. The first kappa shape index (κ1) is 12.0. The molecule has 0 aromatic carbocycles. The van der Waals surface area contributed by atoms with E-state index in [1.165, 1.54) is 0 Å². The van der Waals surface area contributed by atoms with E-state index >= 15 is 0 Å². The second-order valence-electron chi connectivity index (χ2n) is 1.07. The van der Waals surface area contributed by atoms with Crippen molar-refractivity contribution in [3.8, 4) is 0 Å². The maximum Gasteiger partial charge on any atom is 0.448 e. The highest BCUT2D eigenvalue weighted by atomic mass is 19.4. The molecule has 0 aromatic heterocycles. The lowest BCUT2D eigenvalue weighted by molar-refractivity contribution is -0.113. The molecule has 0 saturated carbocycles. The average molecular weight is 166 g/mol. The van der Waals surface area contributed by atoms with Crippen LogP contribution in [0.5, 0.6) is 0 Å². The molecule has 0 rings (SSSR count). The standard InChI is InChI=1S/C3F6.CH4/c4-1(2(5)6)3(7,8)9;/h;1H4. The minimum absolute atomic E-state index is 0. The van der Waals surface area contributed by atoms with Gasteiger partial charge < -0.3 is 0 Å². The summed E-state index contributed by atoms with van der Waals surface area (Å²) < 4.78 is 64.8. The zero-order chi connectivity index (χ0) is 7.65. The molecule has 0 heterocycles. The maximum atomic E-state index is 11.0. The largest absolute Gasteiger partial charge is 0.448 e. The number of hydrogen-bond donors (Lipinski definition) is 0. The van der Waals surface area contributed by atoms with Gasteiger partial charge in [-0.25, -0.2) is 0 Å². The predicted molar refractivity (Wildman–Crippen MR) is 23.1 cm³/mol. The van der Waals surface area contributed by atoms with Crippen LogP contribution in [0.3, 0.4) is 0 Å². The van der Waals surface area contributed by atoms with Crippen molar-refractivity contribution >= 4 is 0 Å². The van der Waals surface area contributed by atoms with Crippen LogP contribution in [0, 0.1) is 0 Å². The van der Waals surface area contributed by atoms with Gasteiger partial charge in [0.2, 0.25) is 0 Å². The van der Waals surface area contributed by atoms with Crippen LogP contribution in [-0.2, 0) is 0 Å². The van der Waals surface area contributed by atoms with Crippen molar-refractivity contribution in [2.24, 2.45) is 0 Å². The second-order valence-corrected chi connectivity index (χ2v) is 1.07. The fraction of sp³-hybridized carbons (Fsp3) is 0.500. The van der Waals surface area contributed by atoms with Crippen molar-refractivity contribution in [3.63, 3.8) is 0 Å². The molecule has 6 heteroatoms. The summed E-state index contributed by atoms with van der Waals surface area (Å²) in [7, 11) is 0. The summed E-state index contributed by atoms with van der Waals surface area (Å²) in [5.41, 5.74) is 0. The van der Waals surface area contributed by atoms with Gasteiger partial charge >= 0.3 is 12.3 Å². The number of hydrogen-bond acceptors (Lipinski definition) is 0. The van der Waals surface area contributed by atoms with Crippen LogP contribution in [0.4, 0.5) is 26.3 Å². The van der Waals surface area contributed by atoms with Gasteiger partial charge in [-0.05, 0) is 0 Å². The smallest absolute Gasteiger partial charge is 0.196 e. The lowest BCUT2D eigenvalue weighted by atomic mass is 10.6. The normalized spacial score (nSPS) is 10.2. The van der Waals surface area contributed by atoms with Crippen molar-refractivity contribution < 1.29 is 26.3 Å². The van der Waals surface area contributed by atoms with E-state index in [1.54, 1.807) is 0 Å². The third-order valence-electron chi connectivity index (χ3n) is 0.415. The van der Waals surface area contributed by atoms with E-state index in [2.05, 4.69) is 0 Å². The molecule has 0 saturated heterocycles. The SMILES string of the molecule is C.FC(F)=C(F)C(F)(F)F. The average Bonchev–Trinajstić information content (AvgIpc) is 1.62.